The third-order valence-electron chi connectivity index (χ3n) is 4.85. The molecule has 0 unspecified atom stereocenters. The van der Waals surface area contributed by atoms with Crippen LogP contribution in [0.4, 0.5) is 19.0 Å². The van der Waals surface area contributed by atoms with Crippen LogP contribution in [0.15, 0.2) is 53.4 Å². The Bertz CT molecular complexity index is 978. The van der Waals surface area contributed by atoms with Crippen molar-refractivity contribution in [2.75, 3.05) is 5.32 Å². The Kier molecular flexibility index (Phi) is 5.14. The van der Waals surface area contributed by atoms with Crippen LogP contribution in [0.3, 0.4) is 0 Å². The van der Waals surface area contributed by atoms with Gasteiger partial charge in [0.1, 0.15) is 16.2 Å². The maximum atomic E-state index is 13.1. The molecule has 4 nitrogen and oxygen atoms in total. The number of nitrogens with one attached hydrogen (secondary N) is 1. The molecule has 0 bridgehead atoms. The van der Waals surface area contributed by atoms with Crippen molar-refractivity contribution < 1.29 is 13.2 Å². The lowest BCUT2D eigenvalue weighted by atomic mass is 10.1. The molecular formula is C20H18BrF3N4. The van der Waals surface area contributed by atoms with Gasteiger partial charge in [0.05, 0.1) is 11.3 Å². The molecule has 1 fully saturated rings. The minimum absolute atomic E-state index is 0.391. The van der Waals surface area contributed by atoms with Gasteiger partial charge in [0, 0.05) is 30.1 Å². The average molecular weight is 451 g/mol. The second kappa shape index (κ2) is 7.58. The standard InChI is InChI=1S/C20H18BrF3N4/c21-17-12-28(16-8-9-25-18(11-16)26-15-6-1-2-7-15)19(27-17)13-4-3-5-14(10-13)20(22,23)24/h3-5,8-12,15H,1-2,6-7H2,(H,25,26). The number of anilines is 1. The van der Waals surface area contributed by atoms with Gasteiger partial charge in [0.25, 0.3) is 0 Å². The highest BCUT2D eigenvalue weighted by molar-refractivity contribution is 9.10. The molecule has 1 saturated carbocycles. The van der Waals surface area contributed by atoms with Gasteiger partial charge in [-0.05, 0) is 47.0 Å². The Morgan fingerprint density at radius 2 is 1.89 bits per heavy atom. The van der Waals surface area contributed by atoms with Gasteiger partial charge >= 0.3 is 6.18 Å². The van der Waals surface area contributed by atoms with Gasteiger partial charge in [-0.1, -0.05) is 25.0 Å². The van der Waals surface area contributed by atoms with Crippen molar-refractivity contribution in [3.63, 3.8) is 0 Å². The molecule has 0 amide bonds. The molecule has 0 radical (unpaired) electrons. The highest BCUT2D eigenvalue weighted by Crippen LogP contribution is 2.33. The van der Waals surface area contributed by atoms with Crippen molar-refractivity contribution in [2.24, 2.45) is 0 Å². The maximum absolute atomic E-state index is 13.1. The fourth-order valence-electron chi connectivity index (χ4n) is 3.51. The normalized spacial score (nSPS) is 15.1. The maximum Gasteiger partial charge on any atom is 0.416 e. The fourth-order valence-corrected chi connectivity index (χ4v) is 3.89. The van der Waals surface area contributed by atoms with Crippen LogP contribution < -0.4 is 5.32 Å². The van der Waals surface area contributed by atoms with Crippen LogP contribution in [0.2, 0.25) is 0 Å². The van der Waals surface area contributed by atoms with E-state index in [9.17, 15) is 13.2 Å². The van der Waals surface area contributed by atoms with E-state index in [2.05, 4.69) is 31.2 Å². The van der Waals surface area contributed by atoms with E-state index in [1.807, 2.05) is 12.1 Å². The summed E-state index contributed by atoms with van der Waals surface area (Å²) < 4.78 is 41.6. The van der Waals surface area contributed by atoms with Crippen molar-refractivity contribution in [1.82, 2.24) is 14.5 Å². The molecule has 2 aromatic heterocycles. The summed E-state index contributed by atoms with van der Waals surface area (Å²) in [5.74, 6) is 1.18. The number of halogens is 4. The molecule has 1 aliphatic carbocycles. The molecule has 28 heavy (non-hydrogen) atoms. The summed E-state index contributed by atoms with van der Waals surface area (Å²) in [5.41, 5.74) is 0.470. The number of nitrogens with zero attached hydrogens (tertiary/aromatic N) is 3. The topological polar surface area (TPSA) is 42.7 Å². The predicted molar refractivity (Wildman–Crippen MR) is 105 cm³/mol. The second-order valence-electron chi connectivity index (χ2n) is 6.86. The molecule has 1 N–H and O–H groups in total. The minimum Gasteiger partial charge on any atom is -0.367 e. The second-order valence-corrected chi connectivity index (χ2v) is 7.67. The van der Waals surface area contributed by atoms with Crippen LogP contribution in [0.25, 0.3) is 17.1 Å². The number of pyridine rings is 1. The first-order chi connectivity index (χ1) is 13.4. The third-order valence-corrected chi connectivity index (χ3v) is 5.24. The summed E-state index contributed by atoms with van der Waals surface area (Å²) in [4.78, 5) is 8.76. The quantitative estimate of drug-likeness (QED) is 0.524. The lowest BCUT2D eigenvalue weighted by Gasteiger charge is -2.14. The smallest absolute Gasteiger partial charge is 0.367 e. The highest BCUT2D eigenvalue weighted by atomic mass is 79.9. The van der Waals surface area contributed by atoms with Crippen molar-refractivity contribution in [3.8, 4) is 17.1 Å². The van der Waals surface area contributed by atoms with E-state index in [0.29, 0.717) is 22.0 Å². The molecule has 146 valence electrons. The van der Waals surface area contributed by atoms with Crippen LogP contribution in [0.5, 0.6) is 0 Å². The molecule has 1 aliphatic rings. The molecular weight excluding hydrogens is 433 g/mol. The van der Waals surface area contributed by atoms with Gasteiger partial charge in [0.2, 0.25) is 0 Å². The molecule has 0 saturated heterocycles. The first kappa shape index (κ1) is 19.0. The van der Waals surface area contributed by atoms with E-state index in [4.69, 9.17) is 0 Å². The zero-order valence-electron chi connectivity index (χ0n) is 14.9. The SMILES string of the molecule is FC(F)(F)c1cccc(-c2nc(Br)cn2-c2ccnc(NC3CCCC3)c2)c1. The van der Waals surface area contributed by atoms with E-state index < -0.39 is 11.7 Å². The lowest BCUT2D eigenvalue weighted by Crippen LogP contribution is -2.15. The van der Waals surface area contributed by atoms with E-state index in [-0.39, 0.29) is 0 Å². The van der Waals surface area contributed by atoms with Gasteiger partial charge in [-0.2, -0.15) is 13.2 Å². The first-order valence-electron chi connectivity index (χ1n) is 9.05. The van der Waals surface area contributed by atoms with Gasteiger partial charge in [-0.25, -0.2) is 9.97 Å². The lowest BCUT2D eigenvalue weighted by molar-refractivity contribution is -0.137. The number of benzene rings is 1. The zero-order chi connectivity index (χ0) is 19.7. The number of hydrogen-bond acceptors (Lipinski definition) is 3. The fraction of sp³-hybridized carbons (Fsp3) is 0.300. The van der Waals surface area contributed by atoms with Gasteiger partial charge in [-0.15, -0.1) is 0 Å². The van der Waals surface area contributed by atoms with E-state index in [0.717, 1.165) is 36.5 Å². The largest absolute Gasteiger partial charge is 0.416 e. The Morgan fingerprint density at radius 3 is 2.64 bits per heavy atom. The van der Waals surface area contributed by atoms with Crippen molar-refractivity contribution >= 4 is 21.7 Å². The van der Waals surface area contributed by atoms with Crippen LogP contribution >= 0.6 is 15.9 Å². The summed E-state index contributed by atoms with van der Waals surface area (Å²) in [6.07, 6.45) is 3.70. The Balaban J connectivity index is 1.71. The van der Waals surface area contributed by atoms with Gasteiger partial charge in [0.15, 0.2) is 0 Å². The molecule has 1 aromatic carbocycles. The monoisotopic (exact) mass is 450 g/mol. The summed E-state index contributed by atoms with van der Waals surface area (Å²) >= 11 is 3.34. The van der Waals surface area contributed by atoms with E-state index >= 15 is 0 Å². The van der Waals surface area contributed by atoms with Gasteiger partial charge < -0.3 is 5.32 Å². The van der Waals surface area contributed by atoms with Gasteiger partial charge in [-0.3, -0.25) is 4.57 Å². The van der Waals surface area contributed by atoms with E-state index in [1.165, 1.54) is 18.9 Å². The number of hydrogen-bond donors (Lipinski definition) is 1. The van der Waals surface area contributed by atoms with Crippen LogP contribution in [0, 0.1) is 0 Å². The number of aromatic nitrogens is 3. The van der Waals surface area contributed by atoms with Crippen LogP contribution in [-0.4, -0.2) is 20.6 Å². The predicted octanol–water partition coefficient (Wildman–Crippen LogP) is 6.07. The van der Waals surface area contributed by atoms with E-state index in [1.54, 1.807) is 23.0 Å². The highest BCUT2D eigenvalue weighted by Gasteiger charge is 2.30. The number of alkyl halides is 3. The van der Waals surface area contributed by atoms with Crippen molar-refractivity contribution in [3.05, 3.63) is 59.0 Å². The minimum atomic E-state index is -4.40. The van der Waals surface area contributed by atoms with Crippen molar-refractivity contribution in [1.29, 1.82) is 0 Å². The summed E-state index contributed by atoms with van der Waals surface area (Å²) in [5, 5.41) is 3.44. The Labute approximate surface area is 169 Å². The van der Waals surface area contributed by atoms with Crippen LogP contribution in [0.1, 0.15) is 31.2 Å². The summed E-state index contributed by atoms with van der Waals surface area (Å²) in [6.45, 7) is 0. The molecule has 3 aromatic rings. The first-order valence-corrected chi connectivity index (χ1v) is 9.85. The molecule has 2 heterocycles. The Hall–Kier alpha value is -2.35. The third kappa shape index (κ3) is 4.06. The van der Waals surface area contributed by atoms with Crippen molar-refractivity contribution in [2.45, 2.75) is 37.9 Å². The zero-order valence-corrected chi connectivity index (χ0v) is 16.5. The van der Waals surface area contributed by atoms with Crippen LogP contribution in [-0.2, 0) is 6.18 Å². The summed E-state index contributed by atoms with van der Waals surface area (Å²) in [6, 6.07) is 9.31. The molecule has 8 heteroatoms. The Morgan fingerprint density at radius 1 is 1.11 bits per heavy atom. The number of imidazole rings is 1. The molecule has 4 rings (SSSR count). The molecule has 0 aliphatic heterocycles. The average Bonchev–Trinajstić information content (AvgIpc) is 3.31. The number of rotatable bonds is 4. The summed E-state index contributed by atoms with van der Waals surface area (Å²) in [7, 11) is 0. The molecule has 0 spiro atoms. The molecule has 0 atom stereocenters.